The minimum Gasteiger partial charge on any atom is -0.341 e. The van der Waals surface area contributed by atoms with Crippen molar-refractivity contribution in [2.24, 2.45) is 5.73 Å². The van der Waals surface area contributed by atoms with Gasteiger partial charge in [0.2, 0.25) is 5.95 Å². The Labute approximate surface area is 181 Å². The van der Waals surface area contributed by atoms with Crippen molar-refractivity contribution in [2.75, 3.05) is 18.0 Å². The van der Waals surface area contributed by atoms with Crippen molar-refractivity contribution in [1.29, 1.82) is 0 Å². The van der Waals surface area contributed by atoms with Crippen molar-refractivity contribution in [3.63, 3.8) is 0 Å². The maximum atomic E-state index is 13.3. The molecule has 0 amide bonds. The van der Waals surface area contributed by atoms with Gasteiger partial charge >= 0.3 is 0 Å². The molecule has 31 heavy (non-hydrogen) atoms. The molecule has 8 heteroatoms. The Morgan fingerprint density at radius 2 is 2.03 bits per heavy atom. The molecule has 0 aliphatic carbocycles. The molecule has 1 fully saturated rings. The van der Waals surface area contributed by atoms with E-state index in [4.69, 9.17) is 10.7 Å². The van der Waals surface area contributed by atoms with Gasteiger partial charge in [-0.15, -0.1) is 0 Å². The lowest BCUT2D eigenvalue weighted by atomic mass is 10.1. The minimum atomic E-state index is -0.316. The van der Waals surface area contributed by atoms with Crippen LogP contribution >= 0.6 is 0 Å². The Hall–Kier alpha value is -3.26. The molecule has 1 aliphatic heterocycles. The first-order valence-corrected chi connectivity index (χ1v) is 10.6. The fourth-order valence-corrected chi connectivity index (χ4v) is 3.92. The highest BCUT2D eigenvalue weighted by molar-refractivity contribution is 5.95. The Balaban J connectivity index is 1.77. The van der Waals surface area contributed by atoms with Crippen LogP contribution in [0.25, 0.3) is 11.0 Å². The highest BCUT2D eigenvalue weighted by Crippen LogP contribution is 2.23. The third-order valence-corrected chi connectivity index (χ3v) is 5.54. The number of imidazole rings is 1. The number of hydrogen-bond acceptors (Lipinski definition) is 6. The van der Waals surface area contributed by atoms with E-state index in [1.165, 1.54) is 4.68 Å². The van der Waals surface area contributed by atoms with E-state index in [1.54, 1.807) is 30.5 Å². The fraction of sp³-hybridized carbons (Fsp3) is 0.391. The number of benzene rings is 1. The molecule has 0 radical (unpaired) electrons. The zero-order chi connectivity index (χ0) is 22.0. The zero-order valence-corrected chi connectivity index (χ0v) is 18.0. The van der Waals surface area contributed by atoms with Gasteiger partial charge in [0.25, 0.3) is 5.56 Å². The quantitative estimate of drug-likeness (QED) is 0.486. The van der Waals surface area contributed by atoms with Crippen LogP contribution in [0.2, 0.25) is 0 Å². The number of carbonyl (C=O) groups excluding carboxylic acids is 1. The Morgan fingerprint density at radius 3 is 2.74 bits per heavy atom. The molecule has 1 unspecified atom stereocenters. The second-order valence-corrected chi connectivity index (χ2v) is 8.28. The smallest absolute Gasteiger partial charge is 0.293 e. The van der Waals surface area contributed by atoms with E-state index in [0.29, 0.717) is 29.7 Å². The second kappa shape index (κ2) is 8.85. The lowest BCUT2D eigenvalue weighted by molar-refractivity contribution is 0.0966. The molecule has 1 saturated heterocycles. The van der Waals surface area contributed by atoms with Gasteiger partial charge in [0, 0.05) is 31.2 Å². The topological polar surface area (TPSA) is 99.0 Å². The Kier molecular flexibility index (Phi) is 5.99. The van der Waals surface area contributed by atoms with E-state index in [2.05, 4.69) is 16.1 Å². The summed E-state index contributed by atoms with van der Waals surface area (Å²) in [6.07, 6.45) is 5.61. The lowest BCUT2D eigenvalue weighted by Crippen LogP contribution is -2.44. The van der Waals surface area contributed by atoms with Gasteiger partial charge in [0.1, 0.15) is 17.6 Å². The summed E-state index contributed by atoms with van der Waals surface area (Å²) in [4.78, 5) is 32.9. The number of piperidine rings is 1. The van der Waals surface area contributed by atoms with Crippen LogP contribution in [0.1, 0.15) is 37.0 Å². The summed E-state index contributed by atoms with van der Waals surface area (Å²) in [5, 5.41) is 4.23. The minimum absolute atomic E-state index is 0.0868. The van der Waals surface area contributed by atoms with Crippen LogP contribution in [-0.2, 0) is 13.1 Å². The lowest BCUT2D eigenvalue weighted by Gasteiger charge is -2.31. The van der Waals surface area contributed by atoms with Crippen LogP contribution in [0.5, 0.6) is 0 Å². The third kappa shape index (κ3) is 4.44. The summed E-state index contributed by atoms with van der Waals surface area (Å²) in [7, 11) is 0. The van der Waals surface area contributed by atoms with Gasteiger partial charge in [0.05, 0.1) is 6.20 Å². The molecule has 1 atom stereocenters. The van der Waals surface area contributed by atoms with Crippen LogP contribution in [0.3, 0.4) is 0 Å². The standard InChI is InChI=1S/C23H28N6O2/c1-16(2)10-12-28-21-19(26-23(28)27-11-6-9-18(24)14-27)13-25-29(22(21)31)15-20(30)17-7-4-3-5-8-17/h3-5,7-8,10,13,18H,6,9,11-12,14-15,24H2,1-2H3. The number of nitrogens with two attached hydrogens (primary N) is 1. The molecule has 1 aliphatic rings. The Bertz CT molecular complexity index is 1170. The van der Waals surface area contributed by atoms with Gasteiger partial charge in [0.15, 0.2) is 5.78 Å². The normalized spacial score (nSPS) is 16.5. The number of allylic oxidation sites excluding steroid dienone is 2. The first-order chi connectivity index (χ1) is 14.9. The molecule has 3 heterocycles. The summed E-state index contributed by atoms with van der Waals surface area (Å²) in [5.74, 6) is 0.570. The van der Waals surface area contributed by atoms with E-state index >= 15 is 0 Å². The average molecular weight is 421 g/mol. The van der Waals surface area contributed by atoms with Crippen molar-refractivity contribution in [3.8, 4) is 0 Å². The van der Waals surface area contributed by atoms with Gasteiger partial charge in [-0.05, 0) is 26.7 Å². The SMILES string of the molecule is CC(C)=CCn1c(N2CCCC(N)C2)nc2cnn(CC(=O)c3ccccc3)c(=O)c21. The molecule has 0 saturated carbocycles. The first kappa shape index (κ1) is 21.0. The summed E-state index contributed by atoms with van der Waals surface area (Å²) >= 11 is 0. The first-order valence-electron chi connectivity index (χ1n) is 10.6. The molecule has 1 aromatic carbocycles. The number of hydrogen-bond donors (Lipinski definition) is 1. The molecule has 0 bridgehead atoms. The maximum Gasteiger partial charge on any atom is 0.293 e. The summed E-state index contributed by atoms with van der Waals surface area (Å²) in [6, 6.07) is 9.02. The summed E-state index contributed by atoms with van der Waals surface area (Å²) in [6.45, 7) is 6.00. The number of anilines is 1. The van der Waals surface area contributed by atoms with E-state index in [9.17, 15) is 9.59 Å². The number of nitrogens with zero attached hydrogens (tertiary/aromatic N) is 5. The molecular formula is C23H28N6O2. The van der Waals surface area contributed by atoms with Crippen molar-refractivity contribution >= 4 is 22.8 Å². The van der Waals surface area contributed by atoms with Gasteiger partial charge in [-0.1, -0.05) is 42.0 Å². The summed E-state index contributed by atoms with van der Waals surface area (Å²) < 4.78 is 3.15. The van der Waals surface area contributed by atoms with Gasteiger partial charge < -0.3 is 15.2 Å². The number of fused-ring (bicyclic) bond motifs is 1. The number of carbonyl (C=O) groups is 1. The monoisotopic (exact) mass is 420 g/mol. The van der Waals surface area contributed by atoms with Crippen molar-refractivity contribution in [3.05, 3.63) is 64.1 Å². The second-order valence-electron chi connectivity index (χ2n) is 8.28. The highest BCUT2D eigenvalue weighted by Gasteiger charge is 2.24. The largest absolute Gasteiger partial charge is 0.341 e. The van der Waals surface area contributed by atoms with Crippen LogP contribution < -0.4 is 16.2 Å². The van der Waals surface area contributed by atoms with Gasteiger partial charge in [-0.2, -0.15) is 5.10 Å². The van der Waals surface area contributed by atoms with Crippen LogP contribution in [0.4, 0.5) is 5.95 Å². The number of ketones is 1. The molecule has 2 N–H and O–H groups in total. The maximum absolute atomic E-state index is 13.3. The molecule has 4 rings (SSSR count). The fourth-order valence-electron chi connectivity index (χ4n) is 3.92. The Morgan fingerprint density at radius 1 is 1.26 bits per heavy atom. The van der Waals surface area contributed by atoms with E-state index in [1.807, 2.05) is 24.5 Å². The van der Waals surface area contributed by atoms with E-state index in [0.717, 1.165) is 30.9 Å². The average Bonchev–Trinajstić information content (AvgIpc) is 3.14. The predicted molar refractivity (Wildman–Crippen MR) is 121 cm³/mol. The molecule has 2 aromatic heterocycles. The van der Waals surface area contributed by atoms with Crippen molar-refractivity contribution < 1.29 is 4.79 Å². The summed E-state index contributed by atoms with van der Waals surface area (Å²) in [5.41, 5.74) is 8.57. The third-order valence-electron chi connectivity index (χ3n) is 5.54. The number of rotatable bonds is 6. The molecule has 162 valence electrons. The van der Waals surface area contributed by atoms with E-state index in [-0.39, 0.29) is 23.9 Å². The number of Topliss-reactive ketones (excluding diaryl/α,β-unsaturated/α-hetero) is 1. The molecule has 3 aromatic rings. The van der Waals surface area contributed by atoms with Gasteiger partial charge in [-0.3, -0.25) is 9.59 Å². The molecule has 8 nitrogen and oxygen atoms in total. The van der Waals surface area contributed by atoms with Crippen molar-refractivity contribution in [1.82, 2.24) is 19.3 Å². The molecular weight excluding hydrogens is 392 g/mol. The predicted octanol–water partition coefficient (Wildman–Crippen LogP) is 2.37. The zero-order valence-electron chi connectivity index (χ0n) is 18.0. The van der Waals surface area contributed by atoms with E-state index < -0.39 is 0 Å². The molecule has 0 spiro atoms. The van der Waals surface area contributed by atoms with Crippen molar-refractivity contribution in [2.45, 2.75) is 45.8 Å². The number of aromatic nitrogens is 4. The van der Waals surface area contributed by atoms with Crippen LogP contribution in [-0.4, -0.2) is 44.2 Å². The van der Waals surface area contributed by atoms with Gasteiger partial charge in [-0.25, -0.2) is 9.67 Å². The highest BCUT2D eigenvalue weighted by atomic mass is 16.1. The van der Waals surface area contributed by atoms with Crippen LogP contribution in [0.15, 0.2) is 53.0 Å². The van der Waals surface area contributed by atoms with Crippen LogP contribution in [0, 0.1) is 0 Å².